The van der Waals surface area contributed by atoms with Crippen LogP contribution in [0.2, 0.25) is 0 Å². The average molecular weight is 1570 g/mol. The SMILES string of the molecule is Fc1cccc(N(c2ccccc2)c2ccc3cc4c(cc3c2)C2(c3ccccc3-c3ccccc32)c2cc(N(c3cccc(F)c3)c3cccc(-c5cccc(N(c6ccc7cc8c(cc7c6)C6(c7ccccc7-c7ccccc76)c6cc(N(c7ccccc7)c7ccccc7F)c7ccccc7c6-8)c6ccccc6F)c5)c3)c3ccccc3c2-4)c1. The molecule has 0 heterocycles. The Kier molecular flexibility index (Phi) is 15.9. The maximum Gasteiger partial charge on any atom is 0.147 e. The maximum atomic E-state index is 17.3. The van der Waals surface area contributed by atoms with Gasteiger partial charge < -0.3 is 19.6 Å². The zero-order valence-corrected chi connectivity index (χ0v) is 65.7. The maximum absolute atomic E-state index is 17.3. The molecule has 0 unspecified atom stereocenters. The van der Waals surface area contributed by atoms with Gasteiger partial charge >= 0.3 is 0 Å². The van der Waals surface area contributed by atoms with Crippen molar-refractivity contribution in [3.8, 4) is 55.6 Å². The van der Waals surface area contributed by atoms with Gasteiger partial charge in [0, 0.05) is 56.3 Å². The molecule has 4 nitrogen and oxygen atoms in total. The summed E-state index contributed by atoms with van der Waals surface area (Å²) in [5, 5.41) is 8.10. The van der Waals surface area contributed by atoms with E-state index in [0.29, 0.717) is 22.7 Å². The zero-order valence-electron chi connectivity index (χ0n) is 65.7. The molecule has 20 aromatic rings. The van der Waals surface area contributed by atoms with Crippen LogP contribution in [0.25, 0.3) is 98.7 Å². The van der Waals surface area contributed by atoms with E-state index in [0.717, 1.165) is 178 Å². The van der Waals surface area contributed by atoms with Crippen LogP contribution < -0.4 is 19.6 Å². The predicted octanol–water partition coefficient (Wildman–Crippen LogP) is 31.1. The Morgan fingerprint density at radius 2 is 0.500 bits per heavy atom. The number of rotatable bonds is 13. The Hall–Kier alpha value is -15.6. The van der Waals surface area contributed by atoms with E-state index < -0.39 is 10.8 Å². The first kappa shape index (κ1) is 70.6. The summed E-state index contributed by atoms with van der Waals surface area (Å²) in [6.45, 7) is 0. The number of fused-ring (bicyclic) bond motifs is 26. The number of hydrogen-bond acceptors (Lipinski definition) is 4. The van der Waals surface area contributed by atoms with Crippen molar-refractivity contribution in [1.29, 1.82) is 0 Å². The summed E-state index contributed by atoms with van der Waals surface area (Å²) in [5.41, 5.74) is 27.1. The molecule has 0 N–H and O–H groups in total. The minimum atomic E-state index is -0.839. The molecule has 0 saturated carbocycles. The molecular formula is C114H70F4N4. The topological polar surface area (TPSA) is 13.0 Å². The minimum absolute atomic E-state index is 0.319. The van der Waals surface area contributed by atoms with Gasteiger partial charge in [-0.1, -0.05) is 255 Å². The van der Waals surface area contributed by atoms with E-state index in [1.807, 2.05) is 102 Å². The quantitative estimate of drug-likeness (QED) is 0.107. The molecule has 2 spiro atoms. The lowest BCUT2D eigenvalue weighted by molar-refractivity contribution is 0.627. The van der Waals surface area contributed by atoms with E-state index in [1.54, 1.807) is 36.4 Å². The molecule has 8 heteroatoms. The second-order valence-electron chi connectivity index (χ2n) is 32.2. The second-order valence-corrected chi connectivity index (χ2v) is 32.2. The van der Waals surface area contributed by atoms with Crippen LogP contribution in [0, 0.1) is 23.3 Å². The van der Waals surface area contributed by atoms with E-state index in [1.165, 1.54) is 35.4 Å². The van der Waals surface area contributed by atoms with Gasteiger partial charge in [0.15, 0.2) is 0 Å². The van der Waals surface area contributed by atoms with Crippen LogP contribution in [0.1, 0.15) is 44.5 Å². The molecule has 0 fully saturated rings. The Bertz CT molecular complexity index is 7680. The first-order valence-electron chi connectivity index (χ1n) is 41.4. The Morgan fingerprint density at radius 1 is 0.172 bits per heavy atom. The van der Waals surface area contributed by atoms with Gasteiger partial charge in [-0.25, -0.2) is 17.6 Å². The van der Waals surface area contributed by atoms with Gasteiger partial charge in [-0.05, 0) is 302 Å². The van der Waals surface area contributed by atoms with Crippen molar-refractivity contribution < 1.29 is 17.6 Å². The second kappa shape index (κ2) is 27.5. The monoisotopic (exact) mass is 1570 g/mol. The van der Waals surface area contributed by atoms with Gasteiger partial charge in [0.2, 0.25) is 0 Å². The molecule has 0 saturated heterocycles. The van der Waals surface area contributed by atoms with Crippen LogP contribution >= 0.6 is 0 Å². The van der Waals surface area contributed by atoms with Crippen molar-refractivity contribution in [2.75, 3.05) is 19.6 Å². The lowest BCUT2D eigenvalue weighted by atomic mass is 9.70. The first-order valence-corrected chi connectivity index (χ1v) is 41.4. The normalized spacial score (nSPS) is 13.0. The molecule has 4 aliphatic rings. The van der Waals surface area contributed by atoms with E-state index in [2.05, 4.69) is 282 Å². The average Bonchev–Trinajstić information content (AvgIpc) is 1.50. The number of halogens is 4. The fourth-order valence-electron chi connectivity index (χ4n) is 21.1. The molecule has 122 heavy (non-hydrogen) atoms. The number of hydrogen-bond donors (Lipinski definition) is 0. The van der Waals surface area contributed by atoms with Gasteiger partial charge in [0.05, 0.1) is 33.6 Å². The van der Waals surface area contributed by atoms with Gasteiger partial charge in [0.25, 0.3) is 0 Å². The van der Waals surface area contributed by atoms with Crippen molar-refractivity contribution in [1.82, 2.24) is 0 Å². The molecule has 0 aromatic heterocycles. The van der Waals surface area contributed by atoms with E-state index in [-0.39, 0.29) is 23.3 Å². The molecule has 0 amide bonds. The molecule has 0 bridgehead atoms. The Balaban J connectivity index is 0.666. The molecular weight excluding hydrogens is 1500 g/mol. The summed E-state index contributed by atoms with van der Waals surface area (Å²) in [6.07, 6.45) is 0. The third kappa shape index (κ3) is 10.5. The highest BCUT2D eigenvalue weighted by molar-refractivity contribution is 6.16. The lowest BCUT2D eigenvalue weighted by Crippen LogP contribution is -2.26. The summed E-state index contributed by atoms with van der Waals surface area (Å²) in [6, 6.07) is 144. The molecule has 0 radical (unpaired) electrons. The van der Waals surface area contributed by atoms with Crippen LogP contribution in [0.4, 0.5) is 85.8 Å². The summed E-state index contributed by atoms with van der Waals surface area (Å²) < 4.78 is 66.0. The molecule has 0 aliphatic heterocycles. The molecule has 0 atom stereocenters. The summed E-state index contributed by atoms with van der Waals surface area (Å²) in [4.78, 5) is 8.43. The van der Waals surface area contributed by atoms with E-state index in [9.17, 15) is 0 Å². The van der Waals surface area contributed by atoms with Crippen LogP contribution in [-0.4, -0.2) is 0 Å². The van der Waals surface area contributed by atoms with Crippen molar-refractivity contribution in [2.45, 2.75) is 10.8 Å². The third-order valence-corrected chi connectivity index (χ3v) is 25.9. The lowest BCUT2D eigenvalue weighted by Gasteiger charge is -2.33. The fraction of sp³-hybridized carbons (Fsp3) is 0.0175. The highest BCUT2D eigenvalue weighted by Gasteiger charge is 2.55. The Morgan fingerprint density at radius 3 is 0.943 bits per heavy atom. The summed E-state index contributed by atoms with van der Waals surface area (Å²) >= 11 is 0. The summed E-state index contributed by atoms with van der Waals surface area (Å²) in [5.74, 6) is -1.41. The number of benzene rings is 20. The van der Waals surface area contributed by atoms with E-state index >= 15 is 17.6 Å². The van der Waals surface area contributed by atoms with E-state index in [4.69, 9.17) is 0 Å². The van der Waals surface area contributed by atoms with Crippen LogP contribution in [0.3, 0.4) is 0 Å². The minimum Gasteiger partial charge on any atom is -0.310 e. The largest absolute Gasteiger partial charge is 0.310 e. The number of nitrogens with zero attached hydrogens (tertiary/aromatic N) is 4. The van der Waals surface area contributed by atoms with Crippen LogP contribution in [0.5, 0.6) is 0 Å². The van der Waals surface area contributed by atoms with Crippen LogP contribution in [-0.2, 0) is 10.8 Å². The van der Waals surface area contributed by atoms with Gasteiger partial charge in [-0.2, -0.15) is 0 Å². The number of anilines is 12. The first-order chi connectivity index (χ1) is 60.1. The summed E-state index contributed by atoms with van der Waals surface area (Å²) in [7, 11) is 0. The van der Waals surface area contributed by atoms with Gasteiger partial charge in [-0.15, -0.1) is 0 Å². The predicted molar refractivity (Wildman–Crippen MR) is 493 cm³/mol. The smallest absolute Gasteiger partial charge is 0.147 e. The van der Waals surface area contributed by atoms with Crippen LogP contribution in [0.15, 0.2) is 425 Å². The van der Waals surface area contributed by atoms with Crippen molar-refractivity contribution in [2.24, 2.45) is 0 Å². The molecule has 574 valence electrons. The fourth-order valence-corrected chi connectivity index (χ4v) is 21.1. The van der Waals surface area contributed by atoms with Crippen molar-refractivity contribution >= 4 is 111 Å². The van der Waals surface area contributed by atoms with Crippen molar-refractivity contribution in [3.05, 3.63) is 492 Å². The van der Waals surface area contributed by atoms with Crippen molar-refractivity contribution in [3.63, 3.8) is 0 Å². The molecule has 4 aliphatic carbocycles. The Labute approximate surface area is 702 Å². The van der Waals surface area contributed by atoms with Gasteiger partial charge in [0.1, 0.15) is 23.3 Å². The van der Waals surface area contributed by atoms with Gasteiger partial charge in [-0.3, -0.25) is 0 Å². The zero-order chi connectivity index (χ0) is 81.1. The molecule has 20 aromatic carbocycles. The molecule has 24 rings (SSSR count). The standard InChI is InChI=1S/C114H70F4N4/c115-77-29-25-37-83(67-77)119(79-31-3-1-4-32-79)85-57-55-73-63-95-101(65-75(73)61-85)113(97-47-15-11-39-87(97)88-40-12-16-48-98(88)113)103-69-109(91-43-7-9-45-93(91)111(95)103)121(84-38-26-30-78(116)68-84)82-36-24-28-72(60-82)71-27-23-35-81(59-71)120(107-53-21-19-51-105(107)117)86-58-56-74-64-96-102(66-76(74)62-86)114(99-49-17-13-41-89(99)90-42-14-18-50-100(90)114)104-70-110(92-44-8-10-46-94(92)112(96)104)122(80-33-5-2-6-34-80)108-54-22-20-52-106(108)118/h1-70H. The third-order valence-electron chi connectivity index (χ3n) is 25.9. The highest BCUT2D eigenvalue weighted by atomic mass is 19.1. The highest BCUT2D eigenvalue weighted by Crippen LogP contribution is 2.68. The number of para-hydroxylation sites is 4.